The number of aromatic nitrogens is 1. The standard InChI is InChI=1S/C22H25FN2O6/c1-13-12-16(31-15-8-6-14(23)7-9-15)4-3-5-17(22(28)30-13)25-21(27)19-20(26)18(29-2)10-11-24-19/h6-11,13,16-17,26H,3-5,12H2,1-2H3,(H,25,27)/t13?,16?,17-/m0/s1. The number of hydrogen-bond acceptors (Lipinski definition) is 7. The molecule has 9 heteroatoms. The van der Waals surface area contributed by atoms with Crippen LogP contribution in [0.15, 0.2) is 36.5 Å². The van der Waals surface area contributed by atoms with Crippen LogP contribution in [0.25, 0.3) is 0 Å². The van der Waals surface area contributed by atoms with Crippen molar-refractivity contribution in [1.82, 2.24) is 10.3 Å². The van der Waals surface area contributed by atoms with Crippen LogP contribution < -0.4 is 14.8 Å². The van der Waals surface area contributed by atoms with Gasteiger partial charge in [-0.3, -0.25) is 4.79 Å². The highest BCUT2D eigenvalue weighted by Gasteiger charge is 2.29. The molecule has 2 unspecified atom stereocenters. The smallest absolute Gasteiger partial charge is 0.328 e. The van der Waals surface area contributed by atoms with Gasteiger partial charge >= 0.3 is 5.97 Å². The molecule has 1 amide bonds. The molecule has 1 fully saturated rings. The molecule has 0 spiro atoms. The molecule has 1 saturated heterocycles. The fraction of sp³-hybridized carbons (Fsp3) is 0.409. The lowest BCUT2D eigenvalue weighted by Gasteiger charge is -2.21. The first-order valence-corrected chi connectivity index (χ1v) is 10.0. The van der Waals surface area contributed by atoms with Gasteiger partial charge in [-0.1, -0.05) is 0 Å². The summed E-state index contributed by atoms with van der Waals surface area (Å²) in [4.78, 5) is 29.1. The Balaban J connectivity index is 1.66. The molecule has 8 nitrogen and oxygen atoms in total. The molecule has 1 aromatic heterocycles. The molecule has 1 aromatic carbocycles. The molecule has 166 valence electrons. The zero-order valence-corrected chi connectivity index (χ0v) is 17.3. The average molecular weight is 432 g/mol. The number of aromatic hydroxyl groups is 1. The third-order valence-electron chi connectivity index (χ3n) is 4.96. The van der Waals surface area contributed by atoms with E-state index in [4.69, 9.17) is 14.2 Å². The molecule has 0 bridgehead atoms. The number of nitrogens with zero attached hydrogens (tertiary/aromatic N) is 1. The van der Waals surface area contributed by atoms with Crippen molar-refractivity contribution >= 4 is 11.9 Å². The highest BCUT2D eigenvalue weighted by Crippen LogP contribution is 2.28. The van der Waals surface area contributed by atoms with E-state index in [0.717, 1.165) is 0 Å². The molecule has 0 saturated carbocycles. The minimum Gasteiger partial charge on any atom is -0.503 e. The summed E-state index contributed by atoms with van der Waals surface area (Å²) < 4.78 is 29.5. The van der Waals surface area contributed by atoms with E-state index in [2.05, 4.69) is 10.3 Å². The zero-order valence-electron chi connectivity index (χ0n) is 17.3. The second-order valence-corrected chi connectivity index (χ2v) is 7.34. The molecule has 2 N–H and O–H groups in total. The number of carbonyl (C=O) groups excluding carboxylic acids is 2. The Bertz CT molecular complexity index is 921. The van der Waals surface area contributed by atoms with Gasteiger partial charge < -0.3 is 24.6 Å². The summed E-state index contributed by atoms with van der Waals surface area (Å²) in [6, 6.07) is 6.27. The van der Waals surface area contributed by atoms with E-state index >= 15 is 0 Å². The van der Waals surface area contributed by atoms with Crippen molar-refractivity contribution in [3.05, 3.63) is 48.0 Å². The fourth-order valence-corrected chi connectivity index (χ4v) is 3.42. The summed E-state index contributed by atoms with van der Waals surface area (Å²) >= 11 is 0. The van der Waals surface area contributed by atoms with E-state index < -0.39 is 29.8 Å². The largest absolute Gasteiger partial charge is 0.503 e. The zero-order chi connectivity index (χ0) is 22.4. The summed E-state index contributed by atoms with van der Waals surface area (Å²) in [5, 5.41) is 12.7. The third-order valence-corrected chi connectivity index (χ3v) is 4.96. The molecule has 2 heterocycles. The van der Waals surface area contributed by atoms with Crippen LogP contribution in [-0.2, 0) is 9.53 Å². The maximum atomic E-state index is 13.1. The predicted octanol–water partition coefficient (Wildman–Crippen LogP) is 2.99. The molecular formula is C22H25FN2O6. The van der Waals surface area contributed by atoms with Crippen LogP contribution >= 0.6 is 0 Å². The van der Waals surface area contributed by atoms with E-state index in [1.807, 2.05) is 0 Å². The van der Waals surface area contributed by atoms with Gasteiger partial charge in [-0.2, -0.15) is 0 Å². The monoisotopic (exact) mass is 432 g/mol. The first kappa shape index (κ1) is 22.3. The van der Waals surface area contributed by atoms with E-state index in [1.165, 1.54) is 31.5 Å². The minimum absolute atomic E-state index is 0.103. The van der Waals surface area contributed by atoms with Gasteiger partial charge in [-0.05, 0) is 50.5 Å². The number of cyclic esters (lactones) is 1. The number of carbonyl (C=O) groups is 2. The van der Waals surface area contributed by atoms with Crippen molar-refractivity contribution in [2.45, 2.75) is 50.9 Å². The summed E-state index contributed by atoms with van der Waals surface area (Å²) in [6.45, 7) is 1.75. The van der Waals surface area contributed by atoms with Gasteiger partial charge in [-0.15, -0.1) is 0 Å². The van der Waals surface area contributed by atoms with E-state index in [1.54, 1.807) is 19.1 Å². The van der Waals surface area contributed by atoms with Crippen molar-refractivity contribution < 1.29 is 33.3 Å². The van der Waals surface area contributed by atoms with Crippen LogP contribution in [0, 0.1) is 5.82 Å². The van der Waals surface area contributed by atoms with Crippen molar-refractivity contribution in [3.63, 3.8) is 0 Å². The molecule has 1 aliphatic heterocycles. The Morgan fingerprint density at radius 3 is 2.71 bits per heavy atom. The summed E-state index contributed by atoms with van der Waals surface area (Å²) in [5.41, 5.74) is -0.238. The van der Waals surface area contributed by atoms with Gasteiger partial charge in [0.25, 0.3) is 5.91 Å². The maximum absolute atomic E-state index is 13.1. The summed E-state index contributed by atoms with van der Waals surface area (Å²) in [6.07, 6.45) is 2.64. The van der Waals surface area contributed by atoms with Crippen molar-refractivity contribution in [3.8, 4) is 17.2 Å². The summed E-state index contributed by atoms with van der Waals surface area (Å²) in [7, 11) is 1.36. The second-order valence-electron chi connectivity index (χ2n) is 7.34. The molecular weight excluding hydrogens is 407 g/mol. The molecule has 31 heavy (non-hydrogen) atoms. The number of nitrogens with one attached hydrogen (secondary N) is 1. The molecule has 3 rings (SSSR count). The first-order valence-electron chi connectivity index (χ1n) is 10.0. The number of amides is 1. The number of methoxy groups -OCH3 is 1. The SMILES string of the molecule is COc1ccnc(C(=O)N[C@H]2CCCC(Oc3ccc(F)cc3)CC(C)OC2=O)c1O. The fourth-order valence-electron chi connectivity index (χ4n) is 3.42. The van der Waals surface area contributed by atoms with E-state index in [9.17, 15) is 19.1 Å². The third kappa shape index (κ3) is 5.84. The van der Waals surface area contributed by atoms with E-state index in [-0.39, 0.29) is 23.4 Å². The number of hydrogen-bond donors (Lipinski definition) is 2. The summed E-state index contributed by atoms with van der Waals surface area (Å²) in [5.74, 6) is -1.38. The van der Waals surface area contributed by atoms with Crippen molar-refractivity contribution in [2.75, 3.05) is 7.11 Å². The lowest BCUT2D eigenvalue weighted by Crippen LogP contribution is -2.42. The first-order chi connectivity index (χ1) is 14.9. The number of halogens is 1. The van der Waals surface area contributed by atoms with Crippen LogP contribution in [0.4, 0.5) is 4.39 Å². The number of pyridine rings is 1. The molecule has 0 aliphatic carbocycles. The Labute approximate surface area is 179 Å². The van der Waals surface area contributed by atoms with Gasteiger partial charge in [0.1, 0.15) is 29.8 Å². The number of esters is 1. The quantitative estimate of drug-likeness (QED) is 0.700. The van der Waals surface area contributed by atoms with Crippen molar-refractivity contribution in [1.29, 1.82) is 0 Å². The molecule has 2 aromatic rings. The number of rotatable bonds is 5. The predicted molar refractivity (Wildman–Crippen MR) is 109 cm³/mol. The van der Waals surface area contributed by atoms with Crippen LogP contribution in [0.1, 0.15) is 43.1 Å². The lowest BCUT2D eigenvalue weighted by molar-refractivity contribution is -0.151. The number of ether oxygens (including phenoxy) is 3. The maximum Gasteiger partial charge on any atom is 0.328 e. The molecule has 0 radical (unpaired) electrons. The van der Waals surface area contributed by atoms with Crippen LogP contribution in [0.2, 0.25) is 0 Å². The van der Waals surface area contributed by atoms with Gasteiger partial charge in [0.2, 0.25) is 0 Å². The van der Waals surface area contributed by atoms with E-state index in [0.29, 0.717) is 31.4 Å². The second kappa shape index (κ2) is 10.1. The van der Waals surface area contributed by atoms with Gasteiger partial charge in [-0.25, -0.2) is 14.2 Å². The van der Waals surface area contributed by atoms with Crippen LogP contribution in [0.3, 0.4) is 0 Å². The Kier molecular flexibility index (Phi) is 7.28. The topological polar surface area (TPSA) is 107 Å². The lowest BCUT2D eigenvalue weighted by atomic mass is 10.0. The van der Waals surface area contributed by atoms with Gasteiger partial charge in [0.05, 0.1) is 7.11 Å². The number of benzene rings is 1. The Hall–Kier alpha value is -3.36. The Morgan fingerprint density at radius 1 is 1.26 bits per heavy atom. The molecule has 1 aliphatic rings. The highest BCUT2D eigenvalue weighted by atomic mass is 19.1. The van der Waals surface area contributed by atoms with Crippen LogP contribution in [0.5, 0.6) is 17.2 Å². The van der Waals surface area contributed by atoms with Gasteiger partial charge in [0, 0.05) is 18.7 Å². The molecule has 3 atom stereocenters. The Morgan fingerprint density at radius 2 is 2.00 bits per heavy atom. The highest BCUT2D eigenvalue weighted by molar-refractivity contribution is 5.97. The normalized spacial score (nSPS) is 21.8. The van der Waals surface area contributed by atoms with Gasteiger partial charge in [0.15, 0.2) is 17.2 Å². The van der Waals surface area contributed by atoms with Crippen LogP contribution in [-0.4, -0.2) is 47.3 Å². The minimum atomic E-state index is -0.896. The average Bonchev–Trinajstić information content (AvgIpc) is 2.79. The van der Waals surface area contributed by atoms with Crippen molar-refractivity contribution in [2.24, 2.45) is 0 Å².